The third-order valence-electron chi connectivity index (χ3n) is 12.9. The largest absolute Gasteiger partial charge is 0.459 e. The van der Waals surface area contributed by atoms with E-state index in [0.29, 0.717) is 24.9 Å². The lowest BCUT2D eigenvalue weighted by atomic mass is 9.86. The van der Waals surface area contributed by atoms with E-state index in [9.17, 15) is 20.1 Å². The molecule has 1 aliphatic heterocycles. The maximum atomic E-state index is 13.2. The van der Waals surface area contributed by atoms with Crippen LogP contribution in [-0.4, -0.2) is 95.4 Å². The van der Waals surface area contributed by atoms with Crippen LogP contribution in [0.1, 0.15) is 130 Å². The second-order valence-electron chi connectivity index (χ2n) is 17.8. The van der Waals surface area contributed by atoms with E-state index in [1.54, 1.807) is 31.4 Å². The number of hydrogen-bond donors (Lipinski definition) is 3. The number of aliphatic hydroxyl groups is 3. The molecule has 10 nitrogen and oxygen atoms in total. The lowest BCUT2D eigenvalue weighted by Crippen LogP contribution is -2.67. The van der Waals surface area contributed by atoms with Crippen LogP contribution in [0.5, 0.6) is 0 Å². The molecule has 10 heteroatoms. The molecule has 8 atom stereocenters. The van der Waals surface area contributed by atoms with Crippen LogP contribution >= 0.6 is 0 Å². The Labute approximate surface area is 389 Å². The molecule has 3 N–H and O–H groups in total. The molecule has 0 bridgehead atoms. The molecule has 1 aliphatic rings. The molecular weight excluding hydrogens is 819 g/mol. The van der Waals surface area contributed by atoms with Gasteiger partial charge < -0.3 is 39.0 Å². The molecule has 5 rings (SSSR count). The van der Waals surface area contributed by atoms with Gasteiger partial charge in [0.2, 0.25) is 0 Å². The van der Waals surface area contributed by atoms with Gasteiger partial charge in [-0.3, -0.25) is 4.90 Å². The van der Waals surface area contributed by atoms with Crippen LogP contribution in [0.25, 0.3) is 0 Å². The first-order chi connectivity index (χ1) is 31.7. The van der Waals surface area contributed by atoms with Crippen molar-refractivity contribution in [1.82, 2.24) is 4.90 Å². The van der Waals surface area contributed by atoms with Gasteiger partial charge in [-0.15, -0.1) is 0 Å². The number of ether oxygens (including phenoxy) is 5. The fraction of sp³-hybridized carbons (Fsp3) is 0.545. The summed E-state index contributed by atoms with van der Waals surface area (Å²) < 4.78 is 32.4. The lowest BCUT2D eigenvalue weighted by molar-refractivity contribution is -0.374. The van der Waals surface area contributed by atoms with Gasteiger partial charge in [-0.25, -0.2) is 4.79 Å². The summed E-state index contributed by atoms with van der Waals surface area (Å²) in [6, 6.07) is 37.6. The topological polar surface area (TPSA) is 127 Å². The summed E-state index contributed by atoms with van der Waals surface area (Å²) >= 11 is 0. The van der Waals surface area contributed by atoms with Gasteiger partial charge in [-0.05, 0) is 48.7 Å². The van der Waals surface area contributed by atoms with Gasteiger partial charge >= 0.3 is 5.97 Å². The molecule has 4 aromatic carbocycles. The maximum absolute atomic E-state index is 13.2. The van der Waals surface area contributed by atoms with E-state index in [1.807, 2.05) is 92.0 Å². The molecule has 4 aromatic rings. The zero-order valence-corrected chi connectivity index (χ0v) is 39.3. The fourth-order valence-electron chi connectivity index (χ4n) is 9.00. The van der Waals surface area contributed by atoms with Crippen molar-refractivity contribution in [3.63, 3.8) is 0 Å². The van der Waals surface area contributed by atoms with Crippen molar-refractivity contribution in [2.75, 3.05) is 20.8 Å². The second kappa shape index (κ2) is 28.9. The summed E-state index contributed by atoms with van der Waals surface area (Å²) in [6.45, 7) is 2.83. The molecular formula is C55H77NO9. The van der Waals surface area contributed by atoms with Crippen molar-refractivity contribution in [2.45, 2.75) is 171 Å². The quantitative estimate of drug-likeness (QED) is 0.0332. The number of carbonyl (C=O) groups excluding carboxylic acids is 1. The molecule has 2 unspecified atom stereocenters. The third kappa shape index (κ3) is 17.0. The molecule has 0 aromatic heterocycles. The Hall–Kier alpha value is -3.97. The van der Waals surface area contributed by atoms with E-state index in [4.69, 9.17) is 23.7 Å². The van der Waals surface area contributed by atoms with Crippen molar-refractivity contribution in [3.8, 4) is 0 Å². The fourth-order valence-corrected chi connectivity index (χ4v) is 9.00. The van der Waals surface area contributed by atoms with Crippen molar-refractivity contribution >= 4 is 5.97 Å². The first-order valence-electron chi connectivity index (χ1n) is 24.3. The first-order valence-corrected chi connectivity index (χ1v) is 24.3. The minimum absolute atomic E-state index is 0.163. The third-order valence-corrected chi connectivity index (χ3v) is 12.9. The van der Waals surface area contributed by atoms with Crippen LogP contribution in [0.4, 0.5) is 0 Å². The Kier molecular flexibility index (Phi) is 23.1. The number of esters is 1. The van der Waals surface area contributed by atoms with E-state index >= 15 is 0 Å². The molecule has 1 fully saturated rings. The number of aliphatic hydroxyl groups excluding tert-OH is 3. The zero-order valence-electron chi connectivity index (χ0n) is 39.3. The number of benzene rings is 4. The van der Waals surface area contributed by atoms with E-state index in [0.717, 1.165) is 36.0 Å². The van der Waals surface area contributed by atoms with Crippen molar-refractivity contribution in [1.29, 1.82) is 0 Å². The monoisotopic (exact) mass is 896 g/mol. The van der Waals surface area contributed by atoms with E-state index in [-0.39, 0.29) is 26.2 Å². The smallest absolute Gasteiger partial charge is 0.338 e. The highest BCUT2D eigenvalue weighted by Gasteiger charge is 2.57. The zero-order chi connectivity index (χ0) is 46.1. The number of carbonyl (C=O) groups is 1. The number of methoxy groups -OCH3 is 1. The Balaban J connectivity index is 1.35. The highest BCUT2D eigenvalue weighted by Crippen LogP contribution is 2.40. The summed E-state index contributed by atoms with van der Waals surface area (Å²) in [7, 11) is 3.50. The average molecular weight is 896 g/mol. The normalized spacial score (nSPS) is 21.2. The molecule has 0 amide bonds. The van der Waals surface area contributed by atoms with Crippen LogP contribution < -0.4 is 0 Å². The van der Waals surface area contributed by atoms with Gasteiger partial charge in [-0.1, -0.05) is 193 Å². The second-order valence-corrected chi connectivity index (χ2v) is 17.8. The summed E-state index contributed by atoms with van der Waals surface area (Å²) in [5.74, 6) is -2.10. The minimum Gasteiger partial charge on any atom is -0.459 e. The van der Waals surface area contributed by atoms with Gasteiger partial charge in [0.15, 0.2) is 5.79 Å². The van der Waals surface area contributed by atoms with E-state index in [2.05, 4.69) is 24.0 Å². The average Bonchev–Trinajstić information content (AvgIpc) is 3.34. The number of unbranched alkanes of at least 4 members (excludes halogenated alkanes) is 11. The molecule has 0 spiro atoms. The summed E-state index contributed by atoms with van der Waals surface area (Å²) in [5, 5.41) is 35.9. The van der Waals surface area contributed by atoms with Gasteiger partial charge in [0, 0.05) is 26.1 Å². The van der Waals surface area contributed by atoms with Gasteiger partial charge in [0.05, 0.1) is 31.0 Å². The molecule has 356 valence electrons. The summed E-state index contributed by atoms with van der Waals surface area (Å²) in [6.07, 6.45) is 9.25. The van der Waals surface area contributed by atoms with Crippen LogP contribution in [0.2, 0.25) is 0 Å². The summed E-state index contributed by atoms with van der Waals surface area (Å²) in [4.78, 5) is 15.3. The van der Waals surface area contributed by atoms with E-state index in [1.165, 1.54) is 57.8 Å². The minimum atomic E-state index is -1.55. The van der Waals surface area contributed by atoms with E-state index < -0.39 is 54.4 Å². The Morgan fingerprint density at radius 2 is 1.17 bits per heavy atom. The molecule has 0 saturated carbocycles. The Morgan fingerprint density at radius 3 is 1.71 bits per heavy atom. The van der Waals surface area contributed by atoms with Crippen molar-refractivity contribution in [3.05, 3.63) is 144 Å². The lowest BCUT2D eigenvalue weighted by Gasteiger charge is -2.51. The SMILES string of the molecule is CCCCCCCCCCCCCC[C@@H](O)[C@@H](O)[C@H](CC[C@]1(OC)OC(COC(=O)c2ccccc2)[C@H](O)C(OCc2ccccc2)[C@H]1OCc1ccccc1)N(C)Cc1ccccc1. The van der Waals surface area contributed by atoms with Crippen LogP contribution in [0.15, 0.2) is 121 Å². The molecule has 0 radical (unpaired) electrons. The van der Waals surface area contributed by atoms with Crippen molar-refractivity contribution in [2.24, 2.45) is 0 Å². The number of rotatable bonds is 31. The molecule has 0 aliphatic carbocycles. The van der Waals surface area contributed by atoms with Crippen LogP contribution in [-0.2, 0) is 43.4 Å². The van der Waals surface area contributed by atoms with Crippen molar-refractivity contribution < 1.29 is 43.8 Å². The first kappa shape index (κ1) is 52.0. The number of likely N-dealkylation sites (N-methyl/N-ethyl adjacent to an activating group) is 1. The molecule has 65 heavy (non-hydrogen) atoms. The Bertz CT molecular complexity index is 1840. The predicted molar refractivity (Wildman–Crippen MR) is 256 cm³/mol. The van der Waals surface area contributed by atoms with Gasteiger partial charge in [0.25, 0.3) is 0 Å². The molecule has 1 heterocycles. The number of hydrogen-bond acceptors (Lipinski definition) is 10. The van der Waals surface area contributed by atoms with Crippen LogP contribution in [0, 0.1) is 0 Å². The maximum Gasteiger partial charge on any atom is 0.338 e. The predicted octanol–water partition coefficient (Wildman–Crippen LogP) is 10.2. The van der Waals surface area contributed by atoms with Gasteiger partial charge in [0.1, 0.15) is 31.0 Å². The van der Waals surface area contributed by atoms with Crippen LogP contribution in [0.3, 0.4) is 0 Å². The Morgan fingerprint density at radius 1 is 0.677 bits per heavy atom. The number of nitrogens with zero attached hydrogens (tertiary/aromatic N) is 1. The van der Waals surface area contributed by atoms with Gasteiger partial charge in [-0.2, -0.15) is 0 Å². The highest BCUT2D eigenvalue weighted by atomic mass is 16.7. The highest BCUT2D eigenvalue weighted by molar-refractivity contribution is 5.89. The standard InChI is InChI=1S/C55H77NO9/c1-4-5-6-7-8-9-10-11-12-13-14-27-36-48(57)50(58)47(56(2)39-43-28-19-15-20-29-43)37-38-55(61-3)53(63-41-45-32-23-17-24-33-45)52(62-40-44-30-21-16-22-31-44)51(59)49(65-55)42-64-54(60)46-34-25-18-26-35-46/h15-26,28-35,47-53,57-59H,4-14,27,36-42H2,1-3H3/t47-,48+,49?,50-,51-,52?,53+,55-/m0/s1. The summed E-state index contributed by atoms with van der Waals surface area (Å²) in [5.41, 5.74) is 3.25. The molecule has 1 saturated heterocycles.